The van der Waals surface area contributed by atoms with E-state index >= 15 is 0 Å². The Balaban J connectivity index is 1.69. The van der Waals surface area contributed by atoms with Crippen molar-refractivity contribution in [1.29, 1.82) is 0 Å². The smallest absolute Gasteiger partial charge is 0.276 e. The molecule has 2 amide bonds. The standard InChI is InChI=1S/C21H26N2O4/c1-14(2)17-5-7-18(8-6-17)26-12-20(24)22-23-21(25)13-27-19-10-15(3)9-16(4)11-19/h5-11,14H,12-13H2,1-4H3,(H,22,24)(H,23,25). The molecule has 0 spiro atoms. The number of carbonyl (C=O) groups excluding carboxylic acids is 2. The highest BCUT2D eigenvalue weighted by atomic mass is 16.5. The zero-order valence-electron chi connectivity index (χ0n) is 16.2. The molecule has 0 heterocycles. The van der Waals surface area contributed by atoms with Gasteiger partial charge in [0.2, 0.25) is 0 Å². The number of ether oxygens (including phenoxy) is 2. The van der Waals surface area contributed by atoms with Crippen molar-refractivity contribution in [2.75, 3.05) is 13.2 Å². The Bertz CT molecular complexity index is 765. The van der Waals surface area contributed by atoms with Gasteiger partial charge in [-0.25, -0.2) is 0 Å². The molecule has 2 rings (SSSR count). The van der Waals surface area contributed by atoms with Crippen LogP contribution in [0, 0.1) is 13.8 Å². The highest BCUT2D eigenvalue weighted by molar-refractivity contribution is 5.83. The molecular formula is C21H26N2O4. The van der Waals surface area contributed by atoms with Crippen LogP contribution < -0.4 is 20.3 Å². The molecule has 0 aliphatic rings. The van der Waals surface area contributed by atoms with Crippen LogP contribution in [0.25, 0.3) is 0 Å². The molecule has 6 nitrogen and oxygen atoms in total. The van der Waals surface area contributed by atoms with Crippen LogP contribution in [0.5, 0.6) is 11.5 Å². The highest BCUT2D eigenvalue weighted by Gasteiger charge is 2.07. The predicted octanol–water partition coefficient (Wildman–Crippen LogP) is 3.03. The third-order valence-corrected chi connectivity index (χ3v) is 3.82. The van der Waals surface area contributed by atoms with Gasteiger partial charge in [-0.2, -0.15) is 0 Å². The van der Waals surface area contributed by atoms with E-state index in [9.17, 15) is 9.59 Å². The summed E-state index contributed by atoms with van der Waals surface area (Å²) in [7, 11) is 0. The summed E-state index contributed by atoms with van der Waals surface area (Å²) in [4.78, 5) is 23.5. The number of rotatable bonds is 7. The van der Waals surface area contributed by atoms with Crippen molar-refractivity contribution in [2.45, 2.75) is 33.6 Å². The lowest BCUT2D eigenvalue weighted by Gasteiger charge is -2.11. The summed E-state index contributed by atoms with van der Waals surface area (Å²) >= 11 is 0. The second kappa shape index (κ2) is 9.62. The first kappa shape index (κ1) is 20.3. The summed E-state index contributed by atoms with van der Waals surface area (Å²) in [6.07, 6.45) is 0. The molecule has 0 radical (unpaired) electrons. The van der Waals surface area contributed by atoms with E-state index in [-0.39, 0.29) is 13.2 Å². The first-order chi connectivity index (χ1) is 12.8. The summed E-state index contributed by atoms with van der Waals surface area (Å²) in [6.45, 7) is 7.73. The number of nitrogens with one attached hydrogen (secondary N) is 2. The Hall–Kier alpha value is -3.02. The Morgan fingerprint density at radius 3 is 1.78 bits per heavy atom. The molecule has 0 aromatic heterocycles. The minimum absolute atomic E-state index is 0.194. The Morgan fingerprint density at radius 1 is 0.815 bits per heavy atom. The molecule has 0 atom stereocenters. The van der Waals surface area contributed by atoms with E-state index in [1.165, 1.54) is 5.56 Å². The van der Waals surface area contributed by atoms with Crippen molar-refractivity contribution in [1.82, 2.24) is 10.9 Å². The summed E-state index contributed by atoms with van der Waals surface area (Å²) in [5.74, 6) is 0.733. The number of aryl methyl sites for hydroxylation is 2. The van der Waals surface area contributed by atoms with Gasteiger partial charge in [-0.1, -0.05) is 32.0 Å². The van der Waals surface area contributed by atoms with Gasteiger partial charge in [0.1, 0.15) is 11.5 Å². The van der Waals surface area contributed by atoms with Crippen molar-refractivity contribution >= 4 is 11.8 Å². The lowest BCUT2D eigenvalue weighted by molar-refractivity contribution is -0.131. The van der Waals surface area contributed by atoms with E-state index in [2.05, 4.69) is 24.7 Å². The molecule has 0 aliphatic heterocycles. The lowest BCUT2D eigenvalue weighted by Crippen LogP contribution is -2.45. The number of benzene rings is 2. The van der Waals surface area contributed by atoms with E-state index in [4.69, 9.17) is 9.47 Å². The second-order valence-corrected chi connectivity index (χ2v) is 6.72. The molecule has 0 bridgehead atoms. The van der Waals surface area contributed by atoms with Crippen molar-refractivity contribution < 1.29 is 19.1 Å². The van der Waals surface area contributed by atoms with Gasteiger partial charge < -0.3 is 9.47 Å². The highest BCUT2D eigenvalue weighted by Crippen LogP contribution is 2.18. The molecule has 6 heteroatoms. The second-order valence-electron chi connectivity index (χ2n) is 6.72. The van der Waals surface area contributed by atoms with Crippen LogP contribution in [0.1, 0.15) is 36.5 Å². The average molecular weight is 370 g/mol. The SMILES string of the molecule is Cc1cc(C)cc(OCC(=O)NNC(=O)COc2ccc(C(C)C)cc2)c1. The molecule has 2 N–H and O–H groups in total. The lowest BCUT2D eigenvalue weighted by atomic mass is 10.0. The minimum Gasteiger partial charge on any atom is -0.484 e. The van der Waals surface area contributed by atoms with Crippen LogP contribution >= 0.6 is 0 Å². The van der Waals surface area contributed by atoms with E-state index < -0.39 is 11.8 Å². The average Bonchev–Trinajstić information content (AvgIpc) is 2.62. The van der Waals surface area contributed by atoms with Gasteiger partial charge in [0.05, 0.1) is 0 Å². The van der Waals surface area contributed by atoms with Crippen LogP contribution in [0.4, 0.5) is 0 Å². The monoisotopic (exact) mass is 370 g/mol. The fraction of sp³-hybridized carbons (Fsp3) is 0.333. The number of hydrogen-bond acceptors (Lipinski definition) is 4. The Labute approximate surface area is 159 Å². The zero-order valence-corrected chi connectivity index (χ0v) is 16.2. The molecule has 0 saturated carbocycles. The molecule has 0 aliphatic carbocycles. The zero-order chi connectivity index (χ0) is 19.8. The molecule has 2 aromatic carbocycles. The number of hydrazine groups is 1. The quantitative estimate of drug-likeness (QED) is 0.735. The van der Waals surface area contributed by atoms with E-state index in [0.29, 0.717) is 17.4 Å². The van der Waals surface area contributed by atoms with Gasteiger partial charge >= 0.3 is 0 Å². The first-order valence-corrected chi connectivity index (χ1v) is 8.85. The van der Waals surface area contributed by atoms with Gasteiger partial charge in [0, 0.05) is 0 Å². The van der Waals surface area contributed by atoms with E-state index in [1.807, 2.05) is 56.3 Å². The van der Waals surface area contributed by atoms with Crippen molar-refractivity contribution in [2.24, 2.45) is 0 Å². The molecule has 2 aromatic rings. The largest absolute Gasteiger partial charge is 0.484 e. The number of amides is 2. The van der Waals surface area contributed by atoms with Gasteiger partial charge in [-0.3, -0.25) is 20.4 Å². The normalized spacial score (nSPS) is 10.4. The first-order valence-electron chi connectivity index (χ1n) is 8.85. The number of hydrogen-bond donors (Lipinski definition) is 2. The molecular weight excluding hydrogens is 344 g/mol. The van der Waals surface area contributed by atoms with Crippen LogP contribution in [-0.4, -0.2) is 25.0 Å². The molecule has 27 heavy (non-hydrogen) atoms. The Morgan fingerprint density at radius 2 is 1.30 bits per heavy atom. The fourth-order valence-electron chi connectivity index (χ4n) is 2.47. The van der Waals surface area contributed by atoms with Gasteiger partial charge in [0.25, 0.3) is 11.8 Å². The predicted molar refractivity (Wildman–Crippen MR) is 104 cm³/mol. The van der Waals surface area contributed by atoms with E-state index in [0.717, 1.165) is 11.1 Å². The number of carbonyl (C=O) groups is 2. The third kappa shape index (κ3) is 7.01. The summed E-state index contributed by atoms with van der Waals surface area (Å²) in [5, 5.41) is 0. The fourth-order valence-corrected chi connectivity index (χ4v) is 2.47. The molecule has 0 fully saturated rings. The molecule has 144 valence electrons. The third-order valence-electron chi connectivity index (χ3n) is 3.82. The van der Waals surface area contributed by atoms with Gasteiger partial charge in [0.15, 0.2) is 13.2 Å². The maximum atomic E-state index is 11.8. The van der Waals surface area contributed by atoms with Crippen LogP contribution in [0.15, 0.2) is 42.5 Å². The summed E-state index contributed by atoms with van der Waals surface area (Å²) < 4.78 is 10.8. The molecule has 0 unspecified atom stereocenters. The summed E-state index contributed by atoms with van der Waals surface area (Å²) in [5.41, 5.74) is 7.90. The maximum absolute atomic E-state index is 11.8. The maximum Gasteiger partial charge on any atom is 0.276 e. The van der Waals surface area contributed by atoms with Crippen molar-refractivity contribution in [3.63, 3.8) is 0 Å². The van der Waals surface area contributed by atoms with Crippen LogP contribution in [0.3, 0.4) is 0 Å². The van der Waals surface area contributed by atoms with Gasteiger partial charge in [-0.15, -0.1) is 0 Å². The molecule has 0 saturated heterocycles. The van der Waals surface area contributed by atoms with E-state index in [1.54, 1.807) is 0 Å². The Kier molecular flexibility index (Phi) is 7.23. The van der Waals surface area contributed by atoms with Crippen molar-refractivity contribution in [3.05, 3.63) is 59.2 Å². The topological polar surface area (TPSA) is 76.7 Å². The van der Waals surface area contributed by atoms with Crippen molar-refractivity contribution in [3.8, 4) is 11.5 Å². The van der Waals surface area contributed by atoms with Gasteiger partial charge in [-0.05, 0) is 60.7 Å². The van der Waals surface area contributed by atoms with Crippen LogP contribution in [-0.2, 0) is 9.59 Å². The minimum atomic E-state index is -0.456. The van der Waals surface area contributed by atoms with Crippen LogP contribution in [0.2, 0.25) is 0 Å². The summed E-state index contributed by atoms with van der Waals surface area (Å²) in [6, 6.07) is 13.3.